The normalized spacial score (nSPS) is 16.3. The maximum absolute atomic E-state index is 13.4. The molecule has 0 saturated carbocycles. The number of benzene rings is 1. The first-order valence-electron chi connectivity index (χ1n) is 6.94. The van der Waals surface area contributed by atoms with Crippen molar-refractivity contribution in [1.82, 2.24) is 0 Å². The molecule has 0 fully saturated rings. The summed E-state index contributed by atoms with van der Waals surface area (Å²) in [5.74, 6) is -11.8. The fourth-order valence-corrected chi connectivity index (χ4v) is 2.17. The van der Waals surface area contributed by atoms with E-state index in [9.17, 15) is 35.8 Å². The third-order valence-electron chi connectivity index (χ3n) is 3.76. The van der Waals surface area contributed by atoms with E-state index in [4.69, 9.17) is 0 Å². The predicted octanol–water partition coefficient (Wildman–Crippen LogP) is 5.46. The second-order valence-corrected chi connectivity index (χ2v) is 5.43. The Morgan fingerprint density at radius 3 is 1.87 bits per heavy atom. The molecule has 0 bridgehead atoms. The van der Waals surface area contributed by atoms with Gasteiger partial charge in [-0.05, 0) is 23.5 Å². The average Bonchev–Trinajstić information content (AvgIpc) is 2.44. The van der Waals surface area contributed by atoms with Crippen LogP contribution in [0, 0.1) is 0 Å². The zero-order chi connectivity index (χ0) is 18.1. The molecule has 0 radical (unpaired) electrons. The van der Waals surface area contributed by atoms with E-state index in [1.807, 2.05) is 0 Å². The molecule has 23 heavy (non-hydrogen) atoms. The van der Waals surface area contributed by atoms with Crippen LogP contribution in [0.1, 0.15) is 49.8 Å². The zero-order valence-corrected chi connectivity index (χ0v) is 12.5. The first-order chi connectivity index (χ1) is 10.3. The molecule has 2 unspecified atom stereocenters. The van der Waals surface area contributed by atoms with Crippen LogP contribution in [0.5, 0.6) is 0 Å². The van der Waals surface area contributed by atoms with Crippen molar-refractivity contribution >= 4 is 0 Å². The molecular weight excluding hydrogens is 329 g/mol. The number of hydrogen-bond acceptors (Lipinski definition) is 1. The summed E-state index contributed by atoms with van der Waals surface area (Å²) in [5.41, 5.74) is 0.369. The summed E-state index contributed by atoms with van der Waals surface area (Å²) < 4.78 is 89.1. The van der Waals surface area contributed by atoms with Crippen LogP contribution in [-0.4, -0.2) is 23.1 Å². The van der Waals surface area contributed by atoms with Crippen LogP contribution in [0.15, 0.2) is 24.3 Å². The largest absolute Gasteiger partial charge is 0.459 e. The Morgan fingerprint density at radius 1 is 0.957 bits per heavy atom. The van der Waals surface area contributed by atoms with Crippen molar-refractivity contribution in [3.63, 3.8) is 0 Å². The molecule has 0 heterocycles. The molecule has 2 atom stereocenters. The van der Waals surface area contributed by atoms with E-state index in [0.717, 1.165) is 0 Å². The molecule has 1 aromatic rings. The van der Waals surface area contributed by atoms with Crippen molar-refractivity contribution in [2.24, 2.45) is 0 Å². The maximum Gasteiger partial charge on any atom is 0.459 e. The summed E-state index contributed by atoms with van der Waals surface area (Å²) in [5, 5.41) is 9.83. The molecule has 0 amide bonds. The van der Waals surface area contributed by atoms with Gasteiger partial charge in [0.1, 0.15) is 0 Å². The van der Waals surface area contributed by atoms with Gasteiger partial charge in [-0.2, -0.15) is 30.7 Å². The van der Waals surface area contributed by atoms with Gasteiger partial charge < -0.3 is 5.11 Å². The van der Waals surface area contributed by atoms with E-state index in [0.29, 0.717) is 12.0 Å². The molecule has 0 aliphatic heterocycles. The van der Waals surface area contributed by atoms with Gasteiger partial charge in [0.2, 0.25) is 0 Å². The molecule has 1 aromatic carbocycles. The minimum Gasteiger partial charge on any atom is -0.388 e. The van der Waals surface area contributed by atoms with E-state index in [-0.39, 0.29) is 11.5 Å². The Labute approximate surface area is 129 Å². The lowest BCUT2D eigenvalue weighted by Gasteiger charge is -2.30. The van der Waals surface area contributed by atoms with Crippen LogP contribution in [0.2, 0.25) is 0 Å². The third kappa shape index (κ3) is 3.97. The monoisotopic (exact) mass is 346 g/mol. The van der Waals surface area contributed by atoms with E-state index in [1.54, 1.807) is 19.9 Å². The average molecular weight is 346 g/mol. The highest BCUT2D eigenvalue weighted by Crippen LogP contribution is 2.50. The van der Waals surface area contributed by atoms with Crippen molar-refractivity contribution in [2.45, 2.75) is 56.7 Å². The first kappa shape index (κ1) is 19.7. The van der Waals surface area contributed by atoms with Crippen LogP contribution < -0.4 is 0 Å². The topological polar surface area (TPSA) is 20.2 Å². The summed E-state index contributed by atoms with van der Waals surface area (Å²) in [4.78, 5) is 0. The minimum atomic E-state index is -6.40. The van der Waals surface area contributed by atoms with Crippen molar-refractivity contribution in [3.8, 4) is 0 Å². The Balaban J connectivity index is 3.11. The van der Waals surface area contributed by atoms with Crippen LogP contribution in [0.25, 0.3) is 0 Å². The van der Waals surface area contributed by atoms with Gasteiger partial charge in [-0.1, -0.05) is 38.1 Å². The van der Waals surface area contributed by atoms with Gasteiger partial charge in [0, 0.05) is 6.42 Å². The second kappa shape index (κ2) is 6.67. The highest BCUT2D eigenvalue weighted by Gasteiger charge is 2.72. The molecule has 0 spiro atoms. The van der Waals surface area contributed by atoms with Crippen molar-refractivity contribution in [3.05, 3.63) is 35.4 Å². The Morgan fingerprint density at radius 2 is 1.43 bits per heavy atom. The lowest BCUT2D eigenvalue weighted by atomic mass is 9.88. The lowest BCUT2D eigenvalue weighted by molar-refractivity contribution is -0.358. The molecule has 1 N–H and O–H groups in total. The standard InChI is InChI=1S/C15H17F7O/c1-3-9(2)10-6-4-5-7-11(10)12(23)8-13(16,17)14(18,19)15(20,21)22/h4-7,9,12,23H,3,8H2,1-2H3. The smallest absolute Gasteiger partial charge is 0.388 e. The molecular formula is C15H17F7O. The third-order valence-corrected chi connectivity index (χ3v) is 3.76. The molecule has 0 saturated heterocycles. The van der Waals surface area contributed by atoms with E-state index >= 15 is 0 Å². The summed E-state index contributed by atoms with van der Waals surface area (Å²) in [6, 6.07) is 5.73. The van der Waals surface area contributed by atoms with Crippen molar-refractivity contribution < 1.29 is 35.8 Å². The number of hydrogen-bond donors (Lipinski definition) is 1. The number of rotatable bonds is 6. The SMILES string of the molecule is CCC(C)c1ccccc1C(O)CC(F)(F)C(F)(F)C(F)(F)F. The van der Waals surface area contributed by atoms with Crippen LogP contribution in [0.3, 0.4) is 0 Å². The Kier molecular flexibility index (Phi) is 5.72. The fraction of sp³-hybridized carbons (Fsp3) is 0.600. The number of aliphatic hydroxyl groups is 1. The summed E-state index contributed by atoms with van der Waals surface area (Å²) in [6.07, 6.45) is -9.97. The second-order valence-electron chi connectivity index (χ2n) is 5.43. The lowest BCUT2D eigenvalue weighted by Crippen LogP contribution is -2.52. The highest BCUT2D eigenvalue weighted by atomic mass is 19.4. The van der Waals surface area contributed by atoms with Gasteiger partial charge in [0.25, 0.3) is 0 Å². The Bertz CT molecular complexity index is 525. The van der Waals surface area contributed by atoms with Gasteiger partial charge in [-0.3, -0.25) is 0 Å². The van der Waals surface area contributed by atoms with Crippen LogP contribution in [-0.2, 0) is 0 Å². The maximum atomic E-state index is 13.4. The summed E-state index contributed by atoms with van der Waals surface area (Å²) in [7, 11) is 0. The summed E-state index contributed by atoms with van der Waals surface area (Å²) in [6.45, 7) is 3.52. The van der Waals surface area contributed by atoms with Gasteiger partial charge >= 0.3 is 18.0 Å². The summed E-state index contributed by atoms with van der Waals surface area (Å²) >= 11 is 0. The van der Waals surface area contributed by atoms with Gasteiger partial charge in [-0.15, -0.1) is 0 Å². The zero-order valence-electron chi connectivity index (χ0n) is 12.5. The Hall–Kier alpha value is -1.31. The molecule has 0 aliphatic rings. The predicted molar refractivity (Wildman–Crippen MR) is 70.7 cm³/mol. The van der Waals surface area contributed by atoms with E-state index in [1.165, 1.54) is 18.2 Å². The van der Waals surface area contributed by atoms with E-state index < -0.39 is 30.5 Å². The molecule has 0 aromatic heterocycles. The molecule has 8 heteroatoms. The van der Waals surface area contributed by atoms with Gasteiger partial charge in [0.05, 0.1) is 6.10 Å². The number of alkyl halides is 7. The molecule has 1 nitrogen and oxygen atoms in total. The fourth-order valence-electron chi connectivity index (χ4n) is 2.17. The molecule has 132 valence electrons. The van der Waals surface area contributed by atoms with Crippen molar-refractivity contribution in [2.75, 3.05) is 0 Å². The van der Waals surface area contributed by atoms with Crippen LogP contribution >= 0.6 is 0 Å². The number of aliphatic hydroxyl groups excluding tert-OH is 1. The van der Waals surface area contributed by atoms with Gasteiger partial charge in [-0.25, -0.2) is 0 Å². The highest BCUT2D eigenvalue weighted by molar-refractivity contribution is 5.32. The van der Waals surface area contributed by atoms with Crippen LogP contribution in [0.4, 0.5) is 30.7 Å². The molecule has 1 rings (SSSR count). The van der Waals surface area contributed by atoms with Gasteiger partial charge in [0.15, 0.2) is 0 Å². The quantitative estimate of drug-likeness (QED) is 0.679. The first-order valence-corrected chi connectivity index (χ1v) is 6.94. The molecule has 0 aliphatic carbocycles. The minimum absolute atomic E-state index is 0.0699. The number of halogens is 7. The van der Waals surface area contributed by atoms with E-state index in [2.05, 4.69) is 0 Å². The van der Waals surface area contributed by atoms with Crippen molar-refractivity contribution in [1.29, 1.82) is 0 Å².